The van der Waals surface area contributed by atoms with Crippen LogP contribution in [0.1, 0.15) is 47.4 Å². The summed E-state index contributed by atoms with van der Waals surface area (Å²) in [6.45, 7) is 3.10. The van der Waals surface area contributed by atoms with E-state index in [4.69, 9.17) is 12.2 Å². The fourth-order valence-electron chi connectivity index (χ4n) is 2.99. The Morgan fingerprint density at radius 1 is 1.30 bits per heavy atom. The predicted molar refractivity (Wildman–Crippen MR) is 99.4 cm³/mol. The molecule has 27 heavy (non-hydrogen) atoms. The van der Waals surface area contributed by atoms with Crippen molar-refractivity contribution in [2.45, 2.75) is 38.3 Å². The topological polar surface area (TPSA) is 110 Å². The standard InChI is InChI=1S/C20H21N3O4/c1-4-8-14(11-12-20(5-2,19(21)27)22-13(3)24)23-17(25)15-9-6-7-10-16(15)18(23)26/h2,6-7,9-12,14H,4,8H2,1,3H3,(H2,21,27)(H,22,24). The van der Waals surface area contributed by atoms with Crippen LogP contribution in [0.25, 0.3) is 0 Å². The van der Waals surface area contributed by atoms with E-state index >= 15 is 0 Å². The molecule has 7 heteroatoms. The molecular weight excluding hydrogens is 346 g/mol. The van der Waals surface area contributed by atoms with Gasteiger partial charge in [0, 0.05) is 6.92 Å². The Hall–Kier alpha value is -3.40. The molecule has 1 aromatic rings. The van der Waals surface area contributed by atoms with Crippen molar-refractivity contribution in [3.63, 3.8) is 0 Å². The summed E-state index contributed by atoms with van der Waals surface area (Å²) in [4.78, 5) is 49.8. The van der Waals surface area contributed by atoms with E-state index in [0.717, 1.165) is 4.90 Å². The lowest BCUT2D eigenvalue weighted by atomic mass is 9.96. The molecular formula is C20H21N3O4. The van der Waals surface area contributed by atoms with Crippen LogP contribution in [0.3, 0.4) is 0 Å². The summed E-state index contributed by atoms with van der Waals surface area (Å²) in [6.07, 6.45) is 9.30. The van der Waals surface area contributed by atoms with Crippen molar-refractivity contribution in [1.29, 1.82) is 0 Å². The first kappa shape index (κ1) is 19.9. The monoisotopic (exact) mass is 367 g/mol. The first-order valence-corrected chi connectivity index (χ1v) is 8.50. The van der Waals surface area contributed by atoms with Crippen molar-refractivity contribution in [3.8, 4) is 12.3 Å². The smallest absolute Gasteiger partial charge is 0.262 e. The Kier molecular flexibility index (Phi) is 5.81. The van der Waals surface area contributed by atoms with Gasteiger partial charge in [-0.25, -0.2) is 0 Å². The normalized spacial score (nSPS) is 16.6. The minimum Gasteiger partial charge on any atom is -0.366 e. The highest BCUT2D eigenvalue weighted by Crippen LogP contribution is 2.27. The first-order valence-electron chi connectivity index (χ1n) is 8.50. The molecule has 1 heterocycles. The van der Waals surface area contributed by atoms with Crippen LogP contribution in [-0.2, 0) is 9.59 Å². The second-order valence-electron chi connectivity index (χ2n) is 6.24. The van der Waals surface area contributed by atoms with Gasteiger partial charge in [-0.15, -0.1) is 6.42 Å². The van der Waals surface area contributed by atoms with Gasteiger partial charge < -0.3 is 11.1 Å². The van der Waals surface area contributed by atoms with Gasteiger partial charge in [0.1, 0.15) is 0 Å². The van der Waals surface area contributed by atoms with E-state index < -0.39 is 35.2 Å². The highest BCUT2D eigenvalue weighted by atomic mass is 16.2. The van der Waals surface area contributed by atoms with Gasteiger partial charge in [0.25, 0.3) is 17.7 Å². The average molecular weight is 367 g/mol. The number of amides is 4. The second kappa shape index (κ2) is 7.87. The van der Waals surface area contributed by atoms with Crippen molar-refractivity contribution < 1.29 is 19.2 Å². The molecule has 0 bridgehead atoms. The van der Waals surface area contributed by atoms with Crippen LogP contribution in [0.5, 0.6) is 0 Å². The highest BCUT2D eigenvalue weighted by Gasteiger charge is 2.39. The third-order valence-electron chi connectivity index (χ3n) is 4.30. The van der Waals surface area contributed by atoms with Gasteiger partial charge in [0.2, 0.25) is 5.91 Å². The van der Waals surface area contributed by atoms with Crippen LogP contribution < -0.4 is 11.1 Å². The SMILES string of the molecule is C#CC(C=CC(CCC)N1C(=O)c2ccccc2C1=O)(NC(C)=O)C(N)=O. The Morgan fingerprint density at radius 2 is 1.85 bits per heavy atom. The van der Waals surface area contributed by atoms with Crippen LogP contribution in [0, 0.1) is 12.3 Å². The predicted octanol–water partition coefficient (Wildman–Crippen LogP) is 1.00. The summed E-state index contributed by atoms with van der Waals surface area (Å²) in [6, 6.07) is 5.92. The molecule has 0 saturated carbocycles. The van der Waals surface area contributed by atoms with Crippen molar-refractivity contribution in [2.24, 2.45) is 5.73 Å². The molecule has 2 unspecified atom stereocenters. The Balaban J connectivity index is 2.41. The number of rotatable bonds is 7. The van der Waals surface area contributed by atoms with E-state index in [2.05, 4.69) is 11.2 Å². The van der Waals surface area contributed by atoms with Gasteiger partial charge in [-0.3, -0.25) is 24.1 Å². The summed E-state index contributed by atoms with van der Waals surface area (Å²) in [7, 11) is 0. The highest BCUT2D eigenvalue weighted by molar-refractivity contribution is 6.21. The van der Waals surface area contributed by atoms with Gasteiger partial charge in [0.05, 0.1) is 17.2 Å². The summed E-state index contributed by atoms with van der Waals surface area (Å²) in [5.41, 5.74) is 4.20. The largest absolute Gasteiger partial charge is 0.366 e. The summed E-state index contributed by atoms with van der Waals surface area (Å²) >= 11 is 0. The average Bonchev–Trinajstić information content (AvgIpc) is 2.88. The molecule has 0 aromatic heterocycles. The molecule has 1 aliphatic heterocycles. The molecule has 140 valence electrons. The van der Waals surface area contributed by atoms with E-state index in [1.165, 1.54) is 19.1 Å². The number of nitrogens with two attached hydrogens (primary N) is 1. The van der Waals surface area contributed by atoms with Gasteiger partial charge in [-0.1, -0.05) is 37.5 Å². The number of fused-ring (bicyclic) bond motifs is 1. The number of benzene rings is 1. The summed E-state index contributed by atoms with van der Waals surface area (Å²) in [5.74, 6) is -0.108. The van der Waals surface area contributed by atoms with Crippen LogP contribution in [0.2, 0.25) is 0 Å². The van der Waals surface area contributed by atoms with Gasteiger partial charge in [-0.05, 0) is 24.6 Å². The summed E-state index contributed by atoms with van der Waals surface area (Å²) in [5, 5.41) is 2.35. The Labute approximate surface area is 157 Å². The minimum atomic E-state index is -1.84. The molecule has 7 nitrogen and oxygen atoms in total. The Morgan fingerprint density at radius 3 is 2.26 bits per heavy atom. The van der Waals surface area contributed by atoms with Gasteiger partial charge >= 0.3 is 0 Å². The number of hydrogen-bond acceptors (Lipinski definition) is 4. The fourth-order valence-corrected chi connectivity index (χ4v) is 2.99. The van der Waals surface area contributed by atoms with Gasteiger partial charge in [0.15, 0.2) is 5.54 Å². The number of nitrogens with zero attached hydrogens (tertiary/aromatic N) is 1. The van der Waals surface area contributed by atoms with E-state index in [0.29, 0.717) is 24.0 Å². The Bertz CT molecular complexity index is 833. The summed E-state index contributed by atoms with van der Waals surface area (Å²) < 4.78 is 0. The molecule has 2 atom stereocenters. The van der Waals surface area contributed by atoms with Crippen molar-refractivity contribution in [1.82, 2.24) is 10.2 Å². The molecule has 0 fully saturated rings. The second-order valence-corrected chi connectivity index (χ2v) is 6.24. The molecule has 0 spiro atoms. The quantitative estimate of drug-likeness (QED) is 0.426. The zero-order valence-corrected chi connectivity index (χ0v) is 15.2. The first-order chi connectivity index (χ1) is 12.8. The fraction of sp³-hybridized carbons (Fsp3) is 0.300. The lowest BCUT2D eigenvalue weighted by molar-refractivity contribution is -0.127. The maximum atomic E-state index is 12.7. The zero-order valence-electron chi connectivity index (χ0n) is 15.2. The van der Waals surface area contributed by atoms with Crippen molar-refractivity contribution >= 4 is 23.6 Å². The molecule has 0 saturated heterocycles. The molecule has 2 rings (SSSR count). The number of imide groups is 1. The maximum absolute atomic E-state index is 12.7. The number of terminal acetylenes is 1. The zero-order chi connectivity index (χ0) is 20.2. The lowest BCUT2D eigenvalue weighted by Gasteiger charge is -2.26. The number of carbonyl (C=O) groups is 4. The maximum Gasteiger partial charge on any atom is 0.262 e. The van der Waals surface area contributed by atoms with Crippen LogP contribution in [0.15, 0.2) is 36.4 Å². The van der Waals surface area contributed by atoms with Crippen LogP contribution in [0.4, 0.5) is 0 Å². The van der Waals surface area contributed by atoms with E-state index in [9.17, 15) is 19.2 Å². The lowest BCUT2D eigenvalue weighted by Crippen LogP contribution is -2.55. The third-order valence-corrected chi connectivity index (χ3v) is 4.30. The number of hydrogen-bond donors (Lipinski definition) is 2. The molecule has 3 N–H and O–H groups in total. The minimum absolute atomic E-state index is 0.331. The number of primary amides is 1. The molecule has 0 aliphatic carbocycles. The van der Waals surface area contributed by atoms with Crippen molar-refractivity contribution in [2.75, 3.05) is 0 Å². The third kappa shape index (κ3) is 3.75. The molecule has 0 radical (unpaired) electrons. The number of nitrogens with one attached hydrogen (secondary N) is 1. The molecule has 4 amide bonds. The molecule has 1 aliphatic rings. The molecule has 1 aromatic carbocycles. The number of carbonyl (C=O) groups excluding carboxylic acids is 4. The van der Waals surface area contributed by atoms with Gasteiger partial charge in [-0.2, -0.15) is 0 Å². The van der Waals surface area contributed by atoms with Crippen LogP contribution in [-0.4, -0.2) is 40.1 Å². The van der Waals surface area contributed by atoms with E-state index in [1.54, 1.807) is 24.3 Å². The van der Waals surface area contributed by atoms with E-state index in [1.807, 2.05) is 6.92 Å². The van der Waals surface area contributed by atoms with Crippen molar-refractivity contribution in [3.05, 3.63) is 47.5 Å². The van der Waals surface area contributed by atoms with E-state index in [-0.39, 0.29) is 0 Å². The van der Waals surface area contributed by atoms with Crippen LogP contribution >= 0.6 is 0 Å².